The van der Waals surface area contributed by atoms with Crippen LogP contribution in [0.4, 0.5) is 11.4 Å². The minimum Gasteiger partial charge on any atom is -0.477 e. The predicted molar refractivity (Wildman–Crippen MR) is 57.8 cm³/mol. The summed E-state index contributed by atoms with van der Waals surface area (Å²) in [6.45, 7) is 2.65. The van der Waals surface area contributed by atoms with E-state index in [9.17, 15) is 9.59 Å². The highest BCUT2D eigenvalue weighted by Crippen LogP contribution is 2.37. The highest BCUT2D eigenvalue weighted by atomic mass is 32.1. The first-order chi connectivity index (χ1) is 7.11. The minimum atomic E-state index is -0.959. The van der Waals surface area contributed by atoms with Crippen LogP contribution in [0.25, 0.3) is 0 Å². The van der Waals surface area contributed by atoms with Gasteiger partial charge in [0.25, 0.3) is 0 Å². The van der Waals surface area contributed by atoms with Crippen molar-refractivity contribution < 1.29 is 14.7 Å². The van der Waals surface area contributed by atoms with Crippen LogP contribution < -0.4 is 10.2 Å². The largest absolute Gasteiger partial charge is 0.477 e. The SMILES string of the molecule is CC(=O)N1CCNc2c1csc2C(=O)O. The molecule has 0 aromatic carbocycles. The molecule has 1 aromatic heterocycles. The van der Waals surface area contributed by atoms with Crippen LogP contribution in [0.1, 0.15) is 16.6 Å². The molecule has 0 fully saturated rings. The van der Waals surface area contributed by atoms with Crippen LogP contribution in [-0.4, -0.2) is 30.1 Å². The summed E-state index contributed by atoms with van der Waals surface area (Å²) < 4.78 is 0. The number of carbonyl (C=O) groups excluding carboxylic acids is 1. The lowest BCUT2D eigenvalue weighted by Crippen LogP contribution is -2.37. The van der Waals surface area contributed by atoms with Gasteiger partial charge in [0.2, 0.25) is 5.91 Å². The van der Waals surface area contributed by atoms with Crippen LogP contribution in [0, 0.1) is 0 Å². The summed E-state index contributed by atoms with van der Waals surface area (Å²) in [5.41, 5.74) is 1.24. The van der Waals surface area contributed by atoms with E-state index in [4.69, 9.17) is 5.11 Å². The quantitative estimate of drug-likeness (QED) is 0.755. The molecule has 2 N–H and O–H groups in total. The van der Waals surface area contributed by atoms with Crippen molar-refractivity contribution >= 4 is 34.6 Å². The maximum Gasteiger partial charge on any atom is 0.348 e. The molecule has 1 aliphatic rings. The van der Waals surface area contributed by atoms with Crippen molar-refractivity contribution in [1.82, 2.24) is 0 Å². The van der Waals surface area contributed by atoms with Gasteiger partial charge in [0.15, 0.2) is 0 Å². The molecule has 0 radical (unpaired) electrons. The Hall–Kier alpha value is -1.56. The summed E-state index contributed by atoms with van der Waals surface area (Å²) in [4.78, 5) is 24.0. The number of carboxylic acids is 1. The molecule has 0 unspecified atom stereocenters. The molecule has 1 aromatic rings. The van der Waals surface area contributed by atoms with Gasteiger partial charge in [0.05, 0.1) is 11.4 Å². The van der Waals surface area contributed by atoms with Crippen molar-refractivity contribution in [3.8, 4) is 0 Å². The third-order valence-corrected chi connectivity index (χ3v) is 3.23. The first kappa shape index (κ1) is 9.97. The van der Waals surface area contributed by atoms with Crippen LogP contribution in [0.3, 0.4) is 0 Å². The molecule has 1 amide bonds. The molecule has 80 valence electrons. The average molecular weight is 226 g/mol. The van der Waals surface area contributed by atoms with Crippen molar-refractivity contribution in [1.29, 1.82) is 0 Å². The maximum absolute atomic E-state index is 11.3. The number of hydrogen-bond acceptors (Lipinski definition) is 4. The molecule has 0 spiro atoms. The van der Waals surface area contributed by atoms with E-state index in [0.717, 1.165) is 11.3 Å². The molecule has 0 saturated heterocycles. The number of hydrogen-bond donors (Lipinski definition) is 2. The first-order valence-corrected chi connectivity index (χ1v) is 5.36. The van der Waals surface area contributed by atoms with Gasteiger partial charge in [-0.15, -0.1) is 11.3 Å². The van der Waals surface area contributed by atoms with Crippen LogP contribution in [-0.2, 0) is 4.79 Å². The van der Waals surface area contributed by atoms with Gasteiger partial charge < -0.3 is 15.3 Å². The predicted octanol–water partition coefficient (Wildman–Crippen LogP) is 1.22. The van der Waals surface area contributed by atoms with E-state index >= 15 is 0 Å². The molecule has 0 saturated carbocycles. The topological polar surface area (TPSA) is 69.6 Å². The summed E-state index contributed by atoms with van der Waals surface area (Å²) >= 11 is 1.14. The first-order valence-electron chi connectivity index (χ1n) is 4.48. The number of fused-ring (bicyclic) bond motifs is 1. The third-order valence-electron chi connectivity index (χ3n) is 2.27. The lowest BCUT2D eigenvalue weighted by atomic mass is 10.2. The van der Waals surface area contributed by atoms with Gasteiger partial charge in [-0.05, 0) is 0 Å². The van der Waals surface area contributed by atoms with Crippen LogP contribution in [0.15, 0.2) is 5.38 Å². The zero-order valence-electron chi connectivity index (χ0n) is 8.11. The summed E-state index contributed by atoms with van der Waals surface area (Å²) in [5, 5.41) is 13.6. The second-order valence-electron chi connectivity index (χ2n) is 3.23. The fourth-order valence-electron chi connectivity index (χ4n) is 1.62. The van der Waals surface area contributed by atoms with Gasteiger partial charge in [-0.3, -0.25) is 4.79 Å². The van der Waals surface area contributed by atoms with E-state index in [1.54, 1.807) is 10.3 Å². The van der Waals surface area contributed by atoms with E-state index in [0.29, 0.717) is 24.5 Å². The number of aromatic carboxylic acids is 1. The lowest BCUT2D eigenvalue weighted by Gasteiger charge is -2.27. The molecule has 2 heterocycles. The molecule has 0 atom stereocenters. The molecule has 5 nitrogen and oxygen atoms in total. The Balaban J connectivity index is 2.46. The minimum absolute atomic E-state index is 0.0625. The number of anilines is 2. The number of nitrogens with zero attached hydrogens (tertiary/aromatic N) is 1. The van der Waals surface area contributed by atoms with Crippen LogP contribution in [0.5, 0.6) is 0 Å². The monoisotopic (exact) mass is 226 g/mol. The normalized spacial score (nSPS) is 14.3. The highest BCUT2D eigenvalue weighted by molar-refractivity contribution is 7.13. The van der Waals surface area contributed by atoms with Crippen LogP contribution >= 0.6 is 11.3 Å². The Morgan fingerprint density at radius 2 is 2.33 bits per heavy atom. The summed E-state index contributed by atoms with van der Waals surface area (Å²) in [5.74, 6) is -1.02. The van der Waals surface area contributed by atoms with Gasteiger partial charge in [0, 0.05) is 25.4 Å². The van der Waals surface area contributed by atoms with Crippen molar-refractivity contribution in [2.24, 2.45) is 0 Å². The standard InChI is InChI=1S/C9H10N2O3S/c1-5(12)11-3-2-10-7-6(11)4-15-8(7)9(13)14/h4,10H,2-3H2,1H3,(H,13,14). The van der Waals surface area contributed by atoms with Crippen molar-refractivity contribution in [3.63, 3.8) is 0 Å². The second kappa shape index (κ2) is 3.54. The molecular formula is C9H10N2O3S. The van der Waals surface area contributed by atoms with Gasteiger partial charge >= 0.3 is 5.97 Å². The van der Waals surface area contributed by atoms with E-state index in [1.807, 2.05) is 0 Å². The summed E-state index contributed by atoms with van der Waals surface area (Å²) in [7, 11) is 0. The number of amides is 1. The average Bonchev–Trinajstić information content (AvgIpc) is 2.59. The van der Waals surface area contributed by atoms with E-state index in [-0.39, 0.29) is 10.8 Å². The highest BCUT2D eigenvalue weighted by Gasteiger charge is 2.26. The van der Waals surface area contributed by atoms with Gasteiger partial charge in [-0.1, -0.05) is 0 Å². The lowest BCUT2D eigenvalue weighted by molar-refractivity contribution is -0.116. The second-order valence-corrected chi connectivity index (χ2v) is 4.11. The molecule has 2 rings (SSSR count). The van der Waals surface area contributed by atoms with Crippen LogP contribution in [0.2, 0.25) is 0 Å². The molecule has 0 bridgehead atoms. The number of carbonyl (C=O) groups is 2. The Bertz CT molecular complexity index is 427. The van der Waals surface area contributed by atoms with Gasteiger partial charge in [-0.2, -0.15) is 0 Å². The number of carboxylic acid groups (broad SMARTS) is 1. The molecule has 15 heavy (non-hydrogen) atoms. The zero-order chi connectivity index (χ0) is 11.0. The third kappa shape index (κ3) is 1.56. The number of nitrogens with one attached hydrogen (secondary N) is 1. The molecule has 0 aliphatic carbocycles. The van der Waals surface area contributed by atoms with Gasteiger partial charge in [0.1, 0.15) is 4.88 Å². The fraction of sp³-hybridized carbons (Fsp3) is 0.333. The van der Waals surface area contributed by atoms with E-state index < -0.39 is 5.97 Å². The molecule has 6 heteroatoms. The van der Waals surface area contributed by atoms with Gasteiger partial charge in [-0.25, -0.2) is 4.79 Å². The Morgan fingerprint density at radius 1 is 1.60 bits per heavy atom. The summed E-state index contributed by atoms with van der Waals surface area (Å²) in [6, 6.07) is 0. The Kier molecular flexibility index (Phi) is 2.36. The summed E-state index contributed by atoms with van der Waals surface area (Å²) in [6.07, 6.45) is 0. The Morgan fingerprint density at radius 3 is 2.93 bits per heavy atom. The maximum atomic E-state index is 11.3. The molecule has 1 aliphatic heterocycles. The van der Waals surface area contributed by atoms with Crippen molar-refractivity contribution in [3.05, 3.63) is 10.3 Å². The van der Waals surface area contributed by atoms with Crippen molar-refractivity contribution in [2.75, 3.05) is 23.3 Å². The molecular weight excluding hydrogens is 216 g/mol. The number of thiophene rings is 1. The van der Waals surface area contributed by atoms with E-state index in [1.165, 1.54) is 6.92 Å². The van der Waals surface area contributed by atoms with Crippen molar-refractivity contribution in [2.45, 2.75) is 6.92 Å². The number of rotatable bonds is 1. The van der Waals surface area contributed by atoms with E-state index in [2.05, 4.69) is 5.32 Å². The Labute approximate surface area is 90.3 Å². The fourth-order valence-corrected chi connectivity index (χ4v) is 2.49. The zero-order valence-corrected chi connectivity index (χ0v) is 8.93. The smallest absolute Gasteiger partial charge is 0.348 e.